The molecule has 0 fully saturated rings. The number of hydrogen-bond donors (Lipinski definition) is 1. The van der Waals surface area contributed by atoms with E-state index < -0.39 is 5.97 Å². The minimum Gasteiger partial charge on any atom is -0.497 e. The van der Waals surface area contributed by atoms with Crippen molar-refractivity contribution in [1.29, 1.82) is 0 Å². The van der Waals surface area contributed by atoms with Crippen LogP contribution in [0.15, 0.2) is 84.9 Å². The molecule has 4 aromatic carbocycles. The van der Waals surface area contributed by atoms with Crippen molar-refractivity contribution >= 4 is 39.1 Å². The number of fused-ring (bicyclic) bond motifs is 2. The van der Waals surface area contributed by atoms with E-state index in [1.165, 1.54) is 5.06 Å². The van der Waals surface area contributed by atoms with Crippen molar-refractivity contribution in [1.82, 2.24) is 4.98 Å². The first kappa shape index (κ1) is 25.2. The zero-order valence-electron chi connectivity index (χ0n) is 21.3. The maximum absolute atomic E-state index is 12.9. The number of hydrogen-bond acceptors (Lipinski definition) is 8. The summed E-state index contributed by atoms with van der Waals surface area (Å²) in [6.45, 7) is 3.96. The number of benzene rings is 4. The SMILES string of the molecule is COc1ccc2nc3ccccc3c(N(OON)c3c(C)cc(C(=O)OCc4ccccc4)cc3C)c2c1. The highest BCUT2D eigenvalue weighted by Gasteiger charge is 2.24. The Bertz CT molecular complexity index is 1600. The number of aromatic nitrogens is 1. The molecule has 0 radical (unpaired) electrons. The topological polar surface area (TPSA) is 96.1 Å². The fourth-order valence-corrected chi connectivity index (χ4v) is 4.62. The molecule has 0 saturated carbocycles. The van der Waals surface area contributed by atoms with Crippen LogP contribution in [0.2, 0.25) is 0 Å². The molecule has 1 aromatic heterocycles. The van der Waals surface area contributed by atoms with Crippen LogP contribution in [0.4, 0.5) is 11.4 Å². The number of anilines is 2. The number of rotatable bonds is 8. The second-order valence-corrected chi connectivity index (χ2v) is 8.85. The Labute approximate surface area is 220 Å². The lowest BCUT2D eigenvalue weighted by Crippen LogP contribution is -2.23. The summed E-state index contributed by atoms with van der Waals surface area (Å²) in [4.78, 5) is 28.0. The standard InChI is InChI=1S/C30H27N3O5/c1-19-15-22(30(34)36-18-21-9-5-4-6-10-21)16-20(2)28(19)33(38-37-31)29-24-11-7-8-12-26(24)32-27-14-13-23(35-3)17-25(27)29/h4-17H,18,31H2,1-3H3. The van der Waals surface area contributed by atoms with E-state index in [-0.39, 0.29) is 6.61 Å². The number of ether oxygens (including phenoxy) is 2. The molecule has 0 unspecified atom stereocenters. The van der Waals surface area contributed by atoms with Gasteiger partial charge >= 0.3 is 5.97 Å². The van der Waals surface area contributed by atoms with Gasteiger partial charge in [-0.25, -0.2) is 9.78 Å². The van der Waals surface area contributed by atoms with E-state index in [1.54, 1.807) is 19.2 Å². The summed E-state index contributed by atoms with van der Waals surface area (Å²) < 4.78 is 11.0. The Morgan fingerprint density at radius 1 is 0.842 bits per heavy atom. The van der Waals surface area contributed by atoms with Crippen LogP contribution in [0.5, 0.6) is 5.75 Å². The number of esters is 1. The van der Waals surface area contributed by atoms with E-state index in [4.69, 9.17) is 30.3 Å². The molecule has 0 atom stereocenters. The molecule has 5 rings (SSSR count). The van der Waals surface area contributed by atoms with Crippen molar-refractivity contribution in [2.45, 2.75) is 20.5 Å². The molecule has 192 valence electrons. The Kier molecular flexibility index (Phi) is 7.19. The maximum atomic E-state index is 12.9. The average Bonchev–Trinajstić information content (AvgIpc) is 2.94. The summed E-state index contributed by atoms with van der Waals surface area (Å²) in [6, 6.07) is 26.4. The minimum atomic E-state index is -0.418. The lowest BCUT2D eigenvalue weighted by atomic mass is 10.0. The number of pyridine rings is 1. The quantitative estimate of drug-likeness (QED) is 0.114. The van der Waals surface area contributed by atoms with Crippen LogP contribution in [0.3, 0.4) is 0 Å². The summed E-state index contributed by atoms with van der Waals surface area (Å²) in [5.41, 5.74) is 5.69. The molecule has 0 bridgehead atoms. The van der Waals surface area contributed by atoms with Crippen LogP contribution in [0.25, 0.3) is 21.8 Å². The largest absolute Gasteiger partial charge is 0.497 e. The molecule has 0 amide bonds. The van der Waals surface area contributed by atoms with E-state index in [0.29, 0.717) is 22.7 Å². The van der Waals surface area contributed by atoms with Gasteiger partial charge in [0.2, 0.25) is 0 Å². The van der Waals surface area contributed by atoms with E-state index >= 15 is 0 Å². The molecule has 8 nitrogen and oxygen atoms in total. The second kappa shape index (κ2) is 10.9. The van der Waals surface area contributed by atoms with Gasteiger partial charge in [-0.05, 0) is 66.9 Å². The number of carbonyl (C=O) groups is 1. The molecule has 0 spiro atoms. The van der Waals surface area contributed by atoms with Crippen molar-refractivity contribution in [3.05, 3.63) is 107 Å². The molecular weight excluding hydrogens is 482 g/mol. The third-order valence-corrected chi connectivity index (χ3v) is 6.32. The predicted octanol–water partition coefficient (Wildman–Crippen LogP) is 6.25. The van der Waals surface area contributed by atoms with Gasteiger partial charge in [0.1, 0.15) is 12.4 Å². The molecule has 0 saturated heterocycles. The van der Waals surface area contributed by atoms with Gasteiger partial charge in [0.25, 0.3) is 0 Å². The molecule has 2 N–H and O–H groups in total. The Morgan fingerprint density at radius 2 is 1.53 bits per heavy atom. The van der Waals surface area contributed by atoms with Gasteiger partial charge < -0.3 is 9.47 Å². The highest BCUT2D eigenvalue weighted by molar-refractivity contribution is 6.09. The number of para-hydroxylation sites is 1. The Morgan fingerprint density at radius 3 is 2.24 bits per heavy atom. The van der Waals surface area contributed by atoms with Crippen LogP contribution >= 0.6 is 0 Å². The van der Waals surface area contributed by atoms with Crippen LogP contribution in [0.1, 0.15) is 27.0 Å². The molecule has 0 aliphatic rings. The van der Waals surface area contributed by atoms with E-state index in [0.717, 1.165) is 38.5 Å². The van der Waals surface area contributed by atoms with E-state index in [9.17, 15) is 4.79 Å². The van der Waals surface area contributed by atoms with E-state index in [2.05, 4.69) is 0 Å². The minimum absolute atomic E-state index is 0.187. The van der Waals surface area contributed by atoms with Crippen molar-refractivity contribution in [2.24, 2.45) is 5.90 Å². The van der Waals surface area contributed by atoms with Crippen LogP contribution < -0.4 is 15.7 Å². The highest BCUT2D eigenvalue weighted by Crippen LogP contribution is 2.41. The lowest BCUT2D eigenvalue weighted by molar-refractivity contribution is -0.300. The number of aryl methyl sites for hydroxylation is 2. The van der Waals surface area contributed by atoms with Crippen molar-refractivity contribution in [3.63, 3.8) is 0 Å². The molecule has 1 heterocycles. The third kappa shape index (κ3) is 4.88. The highest BCUT2D eigenvalue weighted by atomic mass is 17.3. The smallest absolute Gasteiger partial charge is 0.338 e. The monoisotopic (exact) mass is 509 g/mol. The second-order valence-electron chi connectivity index (χ2n) is 8.85. The Hall–Kier alpha value is -4.50. The third-order valence-electron chi connectivity index (χ3n) is 6.32. The van der Waals surface area contributed by atoms with Crippen LogP contribution in [0, 0.1) is 13.8 Å². The number of methoxy groups -OCH3 is 1. The number of nitrogens with two attached hydrogens (primary N) is 1. The molecular formula is C30H27N3O5. The molecule has 0 aliphatic carbocycles. The van der Waals surface area contributed by atoms with Gasteiger partial charge in [-0.2, -0.15) is 11.0 Å². The summed E-state index contributed by atoms with van der Waals surface area (Å²) in [6.07, 6.45) is 0. The summed E-state index contributed by atoms with van der Waals surface area (Å²) >= 11 is 0. The average molecular weight is 510 g/mol. The van der Waals surface area contributed by atoms with Gasteiger partial charge in [-0.1, -0.05) is 53.5 Å². The van der Waals surface area contributed by atoms with Gasteiger partial charge in [-0.3, -0.25) is 0 Å². The van der Waals surface area contributed by atoms with Crippen molar-refractivity contribution in [3.8, 4) is 5.75 Å². The number of nitrogens with zero attached hydrogens (tertiary/aromatic N) is 2. The van der Waals surface area contributed by atoms with Gasteiger partial charge in [-0.15, -0.1) is 4.99 Å². The fraction of sp³-hybridized carbons (Fsp3) is 0.133. The van der Waals surface area contributed by atoms with Gasteiger partial charge in [0.05, 0.1) is 35.1 Å². The van der Waals surface area contributed by atoms with Crippen molar-refractivity contribution in [2.75, 3.05) is 12.2 Å². The molecule has 5 aromatic rings. The first-order valence-electron chi connectivity index (χ1n) is 12.0. The van der Waals surface area contributed by atoms with Gasteiger partial charge in [0.15, 0.2) is 0 Å². The summed E-state index contributed by atoms with van der Waals surface area (Å²) in [5.74, 6) is 5.69. The van der Waals surface area contributed by atoms with Gasteiger partial charge in [0, 0.05) is 10.8 Å². The fourth-order valence-electron chi connectivity index (χ4n) is 4.62. The zero-order chi connectivity index (χ0) is 26.6. The summed E-state index contributed by atoms with van der Waals surface area (Å²) in [5, 5.41) is 3.11. The molecule has 0 aliphatic heterocycles. The van der Waals surface area contributed by atoms with Crippen LogP contribution in [-0.2, 0) is 21.3 Å². The van der Waals surface area contributed by atoms with E-state index in [1.807, 2.05) is 86.6 Å². The zero-order valence-corrected chi connectivity index (χ0v) is 21.3. The van der Waals surface area contributed by atoms with Crippen LogP contribution in [-0.4, -0.2) is 18.1 Å². The molecule has 8 heteroatoms. The maximum Gasteiger partial charge on any atom is 0.338 e. The first-order chi connectivity index (χ1) is 18.5. The number of carbonyl (C=O) groups excluding carboxylic acids is 1. The predicted molar refractivity (Wildman–Crippen MR) is 146 cm³/mol. The summed E-state index contributed by atoms with van der Waals surface area (Å²) in [7, 11) is 1.61. The van der Waals surface area contributed by atoms with Crippen molar-refractivity contribution < 1.29 is 24.2 Å². The first-order valence-corrected chi connectivity index (χ1v) is 12.0. The normalized spacial score (nSPS) is 11.1. The lowest BCUT2D eigenvalue weighted by Gasteiger charge is -2.27. The molecule has 38 heavy (non-hydrogen) atoms. The Balaban J connectivity index is 1.61.